The number of amides is 2. The van der Waals surface area contributed by atoms with Gasteiger partial charge in [0, 0.05) is 11.4 Å². The second kappa shape index (κ2) is 7.97. The van der Waals surface area contributed by atoms with Crippen LogP contribution in [0.3, 0.4) is 0 Å². The third kappa shape index (κ3) is 4.68. The Kier molecular flexibility index (Phi) is 6.15. The van der Waals surface area contributed by atoms with E-state index in [0.29, 0.717) is 24.1 Å². The van der Waals surface area contributed by atoms with Crippen LogP contribution in [0.15, 0.2) is 48.5 Å². The van der Waals surface area contributed by atoms with Crippen molar-refractivity contribution < 1.29 is 18.0 Å². The summed E-state index contributed by atoms with van der Waals surface area (Å²) in [5, 5.41) is 5.30. The van der Waals surface area contributed by atoms with Crippen LogP contribution in [0.1, 0.15) is 23.5 Å². The number of nitrogens with two attached hydrogens (primary N) is 1. The first-order chi connectivity index (χ1) is 11.9. The maximum atomic E-state index is 12.5. The Morgan fingerprint density at radius 2 is 1.73 bits per heavy atom. The normalized spacial score (nSPS) is 18.6. The van der Waals surface area contributed by atoms with Crippen LogP contribution >= 0.6 is 12.4 Å². The van der Waals surface area contributed by atoms with Crippen LogP contribution in [0.5, 0.6) is 0 Å². The Balaban J connectivity index is 0.00000243. The Hall–Kier alpha value is -2.25. The molecule has 0 aromatic heterocycles. The molecule has 140 valence electrons. The molecular formula is C18H19ClF3N3O. The van der Waals surface area contributed by atoms with Gasteiger partial charge in [-0.05, 0) is 60.7 Å². The topological polar surface area (TPSA) is 67.1 Å². The van der Waals surface area contributed by atoms with E-state index in [9.17, 15) is 18.0 Å². The minimum absolute atomic E-state index is 0. The number of halogens is 4. The molecule has 0 bridgehead atoms. The Labute approximate surface area is 155 Å². The summed E-state index contributed by atoms with van der Waals surface area (Å²) >= 11 is 0. The van der Waals surface area contributed by atoms with Crippen LogP contribution in [0.25, 0.3) is 0 Å². The monoisotopic (exact) mass is 385 g/mol. The zero-order valence-corrected chi connectivity index (χ0v) is 14.5. The number of hydrogen-bond donors (Lipinski definition) is 3. The van der Waals surface area contributed by atoms with Gasteiger partial charge in [-0.25, -0.2) is 4.79 Å². The van der Waals surface area contributed by atoms with Gasteiger partial charge in [0.15, 0.2) is 0 Å². The van der Waals surface area contributed by atoms with Crippen LogP contribution in [0.4, 0.5) is 29.3 Å². The van der Waals surface area contributed by atoms with Crippen LogP contribution in [0, 0.1) is 5.92 Å². The fraction of sp³-hybridized carbons (Fsp3) is 0.278. The highest BCUT2D eigenvalue weighted by molar-refractivity contribution is 6.00. The molecule has 0 heterocycles. The predicted molar refractivity (Wildman–Crippen MR) is 97.7 cm³/mol. The quantitative estimate of drug-likeness (QED) is 0.705. The lowest BCUT2D eigenvalue weighted by Crippen LogP contribution is -2.20. The number of para-hydroxylation sites is 1. The molecule has 2 atom stereocenters. The zero-order chi connectivity index (χ0) is 18.0. The first-order valence-corrected chi connectivity index (χ1v) is 7.92. The molecule has 4 N–H and O–H groups in total. The Bertz CT molecular complexity index is 765. The first-order valence-electron chi connectivity index (χ1n) is 7.92. The van der Waals surface area contributed by atoms with Crippen molar-refractivity contribution in [1.82, 2.24) is 0 Å². The highest BCUT2D eigenvalue weighted by Gasteiger charge is 2.38. The number of urea groups is 1. The molecule has 26 heavy (non-hydrogen) atoms. The lowest BCUT2D eigenvalue weighted by atomic mass is 10.1. The van der Waals surface area contributed by atoms with Gasteiger partial charge >= 0.3 is 12.2 Å². The third-order valence-electron chi connectivity index (χ3n) is 4.30. The summed E-state index contributed by atoms with van der Waals surface area (Å²) in [6.45, 7) is 0.608. The SMILES string of the molecule is Cl.NCC1CC1c1ccccc1NC(=O)Nc1ccc(C(F)(F)F)cc1. The van der Waals surface area contributed by atoms with Crippen LogP contribution < -0.4 is 16.4 Å². The molecule has 0 saturated heterocycles. The summed E-state index contributed by atoms with van der Waals surface area (Å²) in [4.78, 5) is 12.1. The molecule has 2 unspecified atom stereocenters. The number of benzene rings is 2. The highest BCUT2D eigenvalue weighted by Crippen LogP contribution is 2.49. The van der Waals surface area contributed by atoms with Crippen LogP contribution in [0.2, 0.25) is 0 Å². The van der Waals surface area contributed by atoms with Crippen molar-refractivity contribution in [3.05, 3.63) is 59.7 Å². The van der Waals surface area contributed by atoms with Crippen molar-refractivity contribution in [3.63, 3.8) is 0 Å². The number of nitrogens with one attached hydrogen (secondary N) is 2. The molecule has 8 heteroatoms. The third-order valence-corrected chi connectivity index (χ3v) is 4.30. The van der Waals surface area contributed by atoms with Crippen LogP contribution in [-0.4, -0.2) is 12.6 Å². The van der Waals surface area contributed by atoms with Gasteiger partial charge < -0.3 is 16.4 Å². The smallest absolute Gasteiger partial charge is 0.330 e. The first kappa shape index (κ1) is 20.1. The molecule has 1 aliphatic carbocycles. The minimum Gasteiger partial charge on any atom is -0.330 e. The average molecular weight is 386 g/mol. The van der Waals surface area contributed by atoms with E-state index in [1.165, 1.54) is 12.1 Å². The van der Waals surface area contributed by atoms with Crippen molar-refractivity contribution in [3.8, 4) is 0 Å². The number of anilines is 2. The van der Waals surface area contributed by atoms with Crippen molar-refractivity contribution in [2.24, 2.45) is 11.7 Å². The van der Waals surface area contributed by atoms with E-state index in [0.717, 1.165) is 24.1 Å². The van der Waals surface area contributed by atoms with E-state index in [1.54, 1.807) is 6.07 Å². The summed E-state index contributed by atoms with van der Waals surface area (Å²) in [6, 6.07) is 11.3. The second-order valence-corrected chi connectivity index (χ2v) is 6.08. The minimum atomic E-state index is -4.40. The molecule has 2 aromatic rings. The van der Waals surface area contributed by atoms with Crippen LogP contribution in [-0.2, 0) is 6.18 Å². The van der Waals surface area contributed by atoms with Crippen molar-refractivity contribution in [1.29, 1.82) is 0 Å². The molecule has 0 spiro atoms. The predicted octanol–water partition coefficient (Wildman–Crippen LogP) is 4.83. The molecule has 3 rings (SSSR count). The largest absolute Gasteiger partial charge is 0.416 e. The standard InChI is InChI=1S/C18H18F3N3O.ClH/c19-18(20,21)12-5-7-13(8-6-12)23-17(25)24-16-4-2-1-3-14(16)15-9-11(15)10-22;/h1-8,11,15H,9-10,22H2,(H2,23,24,25);1H. The highest BCUT2D eigenvalue weighted by atomic mass is 35.5. The van der Waals surface area contributed by atoms with Gasteiger partial charge in [-0.15, -0.1) is 12.4 Å². The second-order valence-electron chi connectivity index (χ2n) is 6.08. The van der Waals surface area contributed by atoms with E-state index in [1.807, 2.05) is 18.2 Å². The zero-order valence-electron chi connectivity index (χ0n) is 13.7. The lowest BCUT2D eigenvalue weighted by molar-refractivity contribution is -0.137. The van der Waals surface area contributed by atoms with Crippen molar-refractivity contribution >= 4 is 29.8 Å². The number of carbonyl (C=O) groups excluding carboxylic acids is 1. The van der Waals surface area contributed by atoms with E-state index >= 15 is 0 Å². The van der Waals surface area contributed by atoms with Gasteiger partial charge in [0.2, 0.25) is 0 Å². The average Bonchev–Trinajstić information content (AvgIpc) is 3.34. The number of carbonyl (C=O) groups is 1. The maximum absolute atomic E-state index is 12.5. The van der Waals surface area contributed by atoms with E-state index in [4.69, 9.17) is 5.73 Å². The molecule has 4 nitrogen and oxygen atoms in total. The number of hydrogen-bond acceptors (Lipinski definition) is 2. The molecule has 1 saturated carbocycles. The van der Waals surface area contributed by atoms with E-state index in [-0.39, 0.29) is 18.1 Å². The van der Waals surface area contributed by atoms with Gasteiger partial charge in [-0.2, -0.15) is 13.2 Å². The Morgan fingerprint density at radius 1 is 1.08 bits per heavy atom. The van der Waals surface area contributed by atoms with Gasteiger partial charge in [0.25, 0.3) is 0 Å². The van der Waals surface area contributed by atoms with Gasteiger partial charge in [0.1, 0.15) is 0 Å². The molecule has 0 radical (unpaired) electrons. The molecule has 2 aromatic carbocycles. The van der Waals surface area contributed by atoms with E-state index < -0.39 is 17.8 Å². The summed E-state index contributed by atoms with van der Waals surface area (Å²) in [6.07, 6.45) is -3.40. The lowest BCUT2D eigenvalue weighted by Gasteiger charge is -2.12. The van der Waals surface area contributed by atoms with Crippen molar-refractivity contribution in [2.75, 3.05) is 17.2 Å². The Morgan fingerprint density at radius 3 is 2.31 bits per heavy atom. The molecular weight excluding hydrogens is 367 g/mol. The van der Waals surface area contributed by atoms with Gasteiger partial charge in [0.05, 0.1) is 5.56 Å². The van der Waals surface area contributed by atoms with Crippen molar-refractivity contribution in [2.45, 2.75) is 18.5 Å². The molecule has 1 aliphatic rings. The summed E-state index contributed by atoms with van der Waals surface area (Å²) < 4.78 is 37.6. The fourth-order valence-corrected chi connectivity index (χ4v) is 2.85. The number of alkyl halides is 3. The van der Waals surface area contributed by atoms with Gasteiger partial charge in [-0.1, -0.05) is 18.2 Å². The molecule has 1 fully saturated rings. The maximum Gasteiger partial charge on any atom is 0.416 e. The summed E-state index contributed by atoms with van der Waals surface area (Å²) in [5.74, 6) is 0.772. The van der Waals surface area contributed by atoms with E-state index in [2.05, 4.69) is 10.6 Å². The summed E-state index contributed by atoms with van der Waals surface area (Å²) in [5.41, 5.74) is 6.92. The number of rotatable bonds is 4. The fourth-order valence-electron chi connectivity index (χ4n) is 2.85. The molecule has 0 aliphatic heterocycles. The molecule has 2 amide bonds. The summed E-state index contributed by atoms with van der Waals surface area (Å²) in [7, 11) is 0. The van der Waals surface area contributed by atoms with Gasteiger partial charge in [-0.3, -0.25) is 0 Å².